The van der Waals surface area contributed by atoms with Gasteiger partial charge in [0.15, 0.2) is 0 Å². The number of piperazine rings is 1. The van der Waals surface area contributed by atoms with Crippen LogP contribution >= 0.6 is 27.5 Å². The first-order valence-electron chi connectivity index (χ1n) is 7.61. The van der Waals surface area contributed by atoms with Gasteiger partial charge in [0.05, 0.1) is 28.1 Å². The van der Waals surface area contributed by atoms with E-state index in [2.05, 4.69) is 20.9 Å². The lowest BCUT2D eigenvalue weighted by Crippen LogP contribution is -2.56. The van der Waals surface area contributed by atoms with E-state index in [4.69, 9.17) is 11.6 Å². The molecule has 1 amide bonds. The molecular weight excluding hydrogens is 432 g/mol. The Bertz CT molecular complexity index is 896. The summed E-state index contributed by atoms with van der Waals surface area (Å²) in [5.41, 5.74) is 0.548. The lowest BCUT2D eigenvalue weighted by molar-refractivity contribution is -0.384. The fourth-order valence-electron chi connectivity index (χ4n) is 3.08. The van der Waals surface area contributed by atoms with Gasteiger partial charge in [0.25, 0.3) is 0 Å². The van der Waals surface area contributed by atoms with Gasteiger partial charge in [-0.1, -0.05) is 11.6 Å². The van der Waals surface area contributed by atoms with E-state index in [1.54, 1.807) is 17.0 Å². The molecule has 2 aromatic rings. The second-order valence-electron chi connectivity index (χ2n) is 5.79. The third-order valence-electron chi connectivity index (χ3n) is 4.31. The molecule has 2 N–H and O–H groups in total. The molecule has 1 aliphatic heterocycles. The average Bonchev–Trinajstić information content (AvgIpc) is 2.61. The molecular formula is C15H14BrClN4O5. The van der Waals surface area contributed by atoms with Crippen molar-refractivity contribution in [3.63, 3.8) is 0 Å². The highest BCUT2D eigenvalue weighted by Gasteiger charge is 2.34. The van der Waals surface area contributed by atoms with Gasteiger partial charge >= 0.3 is 11.8 Å². The summed E-state index contributed by atoms with van der Waals surface area (Å²) < 4.78 is 0.555. The second kappa shape index (κ2) is 7.22. The number of amides is 1. The molecule has 1 saturated heterocycles. The van der Waals surface area contributed by atoms with Crippen molar-refractivity contribution < 1.29 is 19.9 Å². The highest BCUT2D eigenvalue weighted by atomic mass is 79.9. The van der Waals surface area contributed by atoms with Gasteiger partial charge in [0.2, 0.25) is 0 Å². The number of pyridine rings is 1. The van der Waals surface area contributed by atoms with Gasteiger partial charge in [-0.15, -0.1) is 0 Å². The SMILES string of the molecule is O=C(O)N1CCN(c2c([N+](=O)[O-])cnc3cc(Cl)c(Br)cc23)[C@@H](CO)C1. The number of nitro groups is 1. The van der Waals surface area contributed by atoms with Crippen LogP contribution < -0.4 is 4.90 Å². The molecule has 0 spiro atoms. The van der Waals surface area contributed by atoms with E-state index in [0.29, 0.717) is 26.1 Å². The zero-order valence-corrected chi connectivity index (χ0v) is 15.6. The number of aromatic nitrogens is 1. The minimum absolute atomic E-state index is 0.0432. The van der Waals surface area contributed by atoms with Crippen molar-refractivity contribution in [3.8, 4) is 0 Å². The number of aliphatic hydroxyl groups is 1. The van der Waals surface area contributed by atoms with E-state index >= 15 is 0 Å². The molecule has 11 heteroatoms. The highest BCUT2D eigenvalue weighted by Crippen LogP contribution is 2.39. The van der Waals surface area contributed by atoms with Crippen molar-refractivity contribution in [2.75, 3.05) is 31.1 Å². The lowest BCUT2D eigenvalue weighted by Gasteiger charge is -2.40. The molecule has 1 aromatic heterocycles. The van der Waals surface area contributed by atoms with E-state index in [1.807, 2.05) is 0 Å². The number of halogens is 2. The molecule has 2 heterocycles. The molecule has 138 valence electrons. The Hall–Kier alpha value is -2.17. The quantitative estimate of drug-likeness (QED) is 0.550. The molecule has 1 aromatic carbocycles. The number of anilines is 1. The normalized spacial score (nSPS) is 17.6. The van der Waals surface area contributed by atoms with Crippen molar-refractivity contribution in [1.29, 1.82) is 0 Å². The first kappa shape index (κ1) is 18.6. The summed E-state index contributed by atoms with van der Waals surface area (Å²) in [4.78, 5) is 29.2. The van der Waals surface area contributed by atoms with Crippen LogP contribution in [0.4, 0.5) is 16.2 Å². The minimum Gasteiger partial charge on any atom is -0.465 e. The molecule has 0 bridgehead atoms. The van der Waals surface area contributed by atoms with Gasteiger partial charge in [0, 0.05) is 29.5 Å². The maximum Gasteiger partial charge on any atom is 0.407 e. The van der Waals surface area contributed by atoms with Gasteiger partial charge in [-0.2, -0.15) is 0 Å². The lowest BCUT2D eigenvalue weighted by atomic mass is 10.1. The predicted molar refractivity (Wildman–Crippen MR) is 98.9 cm³/mol. The van der Waals surface area contributed by atoms with Crippen LogP contribution in [0, 0.1) is 10.1 Å². The van der Waals surface area contributed by atoms with E-state index in [9.17, 15) is 25.1 Å². The second-order valence-corrected chi connectivity index (χ2v) is 7.05. The van der Waals surface area contributed by atoms with Crippen molar-refractivity contribution in [2.24, 2.45) is 0 Å². The number of benzene rings is 1. The van der Waals surface area contributed by atoms with Gasteiger partial charge in [0.1, 0.15) is 11.9 Å². The molecule has 3 rings (SSSR count). The molecule has 0 unspecified atom stereocenters. The molecule has 1 aliphatic rings. The predicted octanol–water partition coefficient (Wildman–Crippen LogP) is 2.72. The van der Waals surface area contributed by atoms with Gasteiger partial charge < -0.3 is 20.0 Å². The van der Waals surface area contributed by atoms with Crippen molar-refractivity contribution in [3.05, 3.63) is 37.9 Å². The zero-order valence-electron chi connectivity index (χ0n) is 13.3. The summed E-state index contributed by atoms with van der Waals surface area (Å²) in [5, 5.41) is 31.4. The molecule has 9 nitrogen and oxygen atoms in total. The maximum atomic E-state index is 11.6. The molecule has 0 radical (unpaired) electrons. The molecule has 0 aliphatic carbocycles. The minimum atomic E-state index is -1.09. The average molecular weight is 446 g/mol. The van der Waals surface area contributed by atoms with Gasteiger partial charge in [-0.05, 0) is 28.1 Å². The Balaban J connectivity index is 2.18. The first-order valence-corrected chi connectivity index (χ1v) is 8.78. The van der Waals surface area contributed by atoms with Crippen LogP contribution in [0.1, 0.15) is 0 Å². The summed E-state index contributed by atoms with van der Waals surface area (Å²) in [6.07, 6.45) is 0.0617. The Morgan fingerprint density at radius 3 is 2.81 bits per heavy atom. The van der Waals surface area contributed by atoms with Crippen LogP contribution in [-0.4, -0.2) is 63.4 Å². The molecule has 1 fully saturated rings. The molecule has 1 atom stereocenters. The van der Waals surface area contributed by atoms with Crippen molar-refractivity contribution in [1.82, 2.24) is 9.88 Å². The summed E-state index contributed by atoms with van der Waals surface area (Å²) >= 11 is 9.41. The van der Waals surface area contributed by atoms with Crippen LogP contribution in [0.15, 0.2) is 22.8 Å². The van der Waals surface area contributed by atoms with Crippen molar-refractivity contribution in [2.45, 2.75) is 6.04 Å². The fourth-order valence-corrected chi connectivity index (χ4v) is 3.58. The number of rotatable bonds is 3. The van der Waals surface area contributed by atoms with E-state index < -0.39 is 17.1 Å². The van der Waals surface area contributed by atoms with Gasteiger partial charge in [-0.3, -0.25) is 10.1 Å². The topological polar surface area (TPSA) is 120 Å². The maximum absolute atomic E-state index is 11.6. The number of hydrogen-bond donors (Lipinski definition) is 2. The number of carboxylic acid groups (broad SMARTS) is 1. The fraction of sp³-hybridized carbons (Fsp3) is 0.333. The van der Waals surface area contributed by atoms with E-state index in [1.165, 1.54) is 4.90 Å². The monoisotopic (exact) mass is 444 g/mol. The third kappa shape index (κ3) is 3.27. The molecule has 26 heavy (non-hydrogen) atoms. The van der Waals surface area contributed by atoms with Crippen LogP contribution in [0.5, 0.6) is 0 Å². The van der Waals surface area contributed by atoms with Crippen LogP contribution in [0.3, 0.4) is 0 Å². The highest BCUT2D eigenvalue weighted by molar-refractivity contribution is 9.10. The zero-order chi connectivity index (χ0) is 19.0. The smallest absolute Gasteiger partial charge is 0.407 e. The number of carbonyl (C=O) groups is 1. The Morgan fingerprint density at radius 1 is 1.46 bits per heavy atom. The standard InChI is InChI=1S/C15H14BrClN4O5/c16-10-3-9-12(4-11(10)17)18-5-13(21(25)26)14(9)20-2-1-19(15(23)24)6-8(20)7-22/h3-5,8,22H,1-2,6-7H2,(H,23,24)/t8-/m1/s1. The van der Waals surface area contributed by atoms with Gasteiger partial charge in [-0.25, -0.2) is 9.78 Å². The summed E-state index contributed by atoms with van der Waals surface area (Å²) in [6, 6.07) is 2.62. The Morgan fingerprint density at radius 2 is 2.19 bits per heavy atom. The number of fused-ring (bicyclic) bond motifs is 1. The van der Waals surface area contributed by atoms with E-state index in [-0.39, 0.29) is 31.9 Å². The van der Waals surface area contributed by atoms with Crippen LogP contribution in [0.25, 0.3) is 10.9 Å². The number of aliphatic hydroxyl groups excluding tert-OH is 1. The summed E-state index contributed by atoms with van der Waals surface area (Å²) in [7, 11) is 0. The largest absolute Gasteiger partial charge is 0.465 e. The van der Waals surface area contributed by atoms with E-state index in [0.717, 1.165) is 6.20 Å². The number of hydrogen-bond acceptors (Lipinski definition) is 6. The van der Waals surface area contributed by atoms with Crippen molar-refractivity contribution >= 4 is 55.9 Å². The third-order valence-corrected chi connectivity index (χ3v) is 5.51. The van der Waals surface area contributed by atoms with Crippen LogP contribution in [0.2, 0.25) is 5.02 Å². The summed E-state index contributed by atoms with van der Waals surface area (Å²) in [6.45, 7) is 0.0698. The summed E-state index contributed by atoms with van der Waals surface area (Å²) in [5.74, 6) is 0. The Kier molecular flexibility index (Phi) is 5.17. The Labute approximate surface area is 161 Å². The number of nitrogens with zero attached hydrogens (tertiary/aromatic N) is 4. The first-order chi connectivity index (χ1) is 12.3. The molecule has 0 saturated carbocycles. The van der Waals surface area contributed by atoms with Crippen LogP contribution in [-0.2, 0) is 0 Å².